The van der Waals surface area contributed by atoms with Crippen LogP contribution in [-0.4, -0.2) is 11.1 Å². The van der Waals surface area contributed by atoms with Crippen LogP contribution in [0.4, 0.5) is 0 Å². The largest absolute Gasteiger partial charge is 0.461 e. The second-order valence-electron chi connectivity index (χ2n) is 7.16. The summed E-state index contributed by atoms with van der Waals surface area (Å²) in [5.41, 5.74) is 1.29. The molecule has 1 aromatic carbocycles. The van der Waals surface area contributed by atoms with E-state index in [1.165, 1.54) is 6.42 Å². The summed E-state index contributed by atoms with van der Waals surface area (Å²) in [7, 11) is 0. The van der Waals surface area contributed by atoms with Gasteiger partial charge >= 0.3 is 5.97 Å². The molecular formula is C20H30O3. The lowest BCUT2D eigenvalue weighted by molar-refractivity contribution is -0.151. The molecule has 23 heavy (non-hydrogen) atoms. The lowest BCUT2D eigenvalue weighted by Gasteiger charge is -2.32. The molecule has 1 saturated carbocycles. The Morgan fingerprint density at radius 1 is 1.17 bits per heavy atom. The van der Waals surface area contributed by atoms with Crippen LogP contribution in [0.2, 0.25) is 0 Å². The average Bonchev–Trinajstić information content (AvgIpc) is 2.54. The van der Waals surface area contributed by atoms with Gasteiger partial charge in [0.05, 0.1) is 11.5 Å². The normalized spacial score (nSPS) is 18.7. The van der Waals surface area contributed by atoms with Crippen LogP contribution in [-0.2, 0) is 21.7 Å². The van der Waals surface area contributed by atoms with Crippen LogP contribution in [0.15, 0.2) is 24.3 Å². The van der Waals surface area contributed by atoms with Gasteiger partial charge in [0.25, 0.3) is 0 Å². The number of carbonyl (C=O) groups excluding carboxylic acids is 1. The van der Waals surface area contributed by atoms with Crippen molar-refractivity contribution in [2.24, 2.45) is 11.8 Å². The van der Waals surface area contributed by atoms with Crippen LogP contribution in [0.3, 0.4) is 0 Å². The molecule has 0 amide bonds. The maximum absolute atomic E-state index is 12.1. The van der Waals surface area contributed by atoms with Crippen molar-refractivity contribution >= 4 is 5.97 Å². The molecule has 0 aromatic heterocycles. The standard InChI is InChI=1S/C20H30O3/c1-4-18(15(2)3)19(21)23-14-16-8-10-17(11-9-16)20(22)12-6-5-7-13-20/h8-11,15,18,22H,4-7,12-14H2,1-3H3. The van der Waals surface area contributed by atoms with E-state index in [-0.39, 0.29) is 11.9 Å². The number of aliphatic hydroxyl groups is 1. The second kappa shape index (κ2) is 7.96. The Morgan fingerprint density at radius 3 is 2.30 bits per heavy atom. The predicted octanol–water partition coefficient (Wildman–Crippen LogP) is 4.56. The fourth-order valence-corrected chi connectivity index (χ4v) is 3.51. The summed E-state index contributed by atoms with van der Waals surface area (Å²) >= 11 is 0. The Hall–Kier alpha value is -1.35. The Balaban J connectivity index is 1.94. The minimum absolute atomic E-state index is 0.0303. The van der Waals surface area contributed by atoms with Crippen molar-refractivity contribution in [1.29, 1.82) is 0 Å². The summed E-state index contributed by atoms with van der Waals surface area (Å²) in [5, 5.41) is 10.7. The van der Waals surface area contributed by atoms with Gasteiger partial charge in [0, 0.05) is 0 Å². The van der Waals surface area contributed by atoms with E-state index in [9.17, 15) is 9.90 Å². The molecule has 3 heteroatoms. The third kappa shape index (κ3) is 4.57. The highest BCUT2D eigenvalue weighted by Gasteiger charge is 2.30. The van der Waals surface area contributed by atoms with E-state index in [1.807, 2.05) is 31.2 Å². The van der Waals surface area contributed by atoms with Crippen molar-refractivity contribution in [2.45, 2.75) is 71.5 Å². The van der Waals surface area contributed by atoms with E-state index in [1.54, 1.807) is 0 Å². The topological polar surface area (TPSA) is 46.5 Å². The molecule has 1 aliphatic carbocycles. The monoisotopic (exact) mass is 318 g/mol. The van der Waals surface area contributed by atoms with Gasteiger partial charge in [-0.2, -0.15) is 0 Å². The molecule has 1 aliphatic rings. The molecule has 1 N–H and O–H groups in total. The number of rotatable bonds is 6. The molecule has 128 valence electrons. The first-order valence-electron chi connectivity index (χ1n) is 8.94. The highest BCUT2D eigenvalue weighted by Crippen LogP contribution is 2.36. The van der Waals surface area contributed by atoms with Gasteiger partial charge in [-0.25, -0.2) is 0 Å². The zero-order chi connectivity index (χ0) is 16.9. The van der Waals surface area contributed by atoms with Crippen molar-refractivity contribution < 1.29 is 14.6 Å². The molecule has 1 aromatic rings. The van der Waals surface area contributed by atoms with Crippen molar-refractivity contribution in [3.05, 3.63) is 35.4 Å². The van der Waals surface area contributed by atoms with Gasteiger partial charge in [0.15, 0.2) is 0 Å². The Kier molecular flexibility index (Phi) is 6.23. The quantitative estimate of drug-likeness (QED) is 0.782. The maximum atomic E-state index is 12.1. The first-order chi connectivity index (χ1) is 11.0. The van der Waals surface area contributed by atoms with Crippen LogP contribution in [0.5, 0.6) is 0 Å². The van der Waals surface area contributed by atoms with E-state index in [0.717, 1.165) is 43.2 Å². The number of esters is 1. The third-order valence-corrected chi connectivity index (χ3v) is 5.10. The highest BCUT2D eigenvalue weighted by molar-refractivity contribution is 5.72. The van der Waals surface area contributed by atoms with Crippen molar-refractivity contribution in [3.8, 4) is 0 Å². The zero-order valence-corrected chi connectivity index (χ0v) is 14.7. The van der Waals surface area contributed by atoms with Gasteiger partial charge in [-0.1, -0.05) is 64.3 Å². The van der Waals surface area contributed by atoms with E-state index in [4.69, 9.17) is 4.74 Å². The van der Waals surface area contributed by atoms with Gasteiger partial charge in [-0.05, 0) is 36.3 Å². The zero-order valence-electron chi connectivity index (χ0n) is 14.7. The summed E-state index contributed by atoms with van der Waals surface area (Å²) in [4.78, 5) is 12.1. The molecule has 1 atom stereocenters. The summed E-state index contributed by atoms with van der Waals surface area (Å²) in [6, 6.07) is 7.89. The van der Waals surface area contributed by atoms with Gasteiger partial charge in [0.2, 0.25) is 0 Å². The van der Waals surface area contributed by atoms with E-state index in [2.05, 4.69) is 13.8 Å². The minimum Gasteiger partial charge on any atom is -0.461 e. The number of carbonyl (C=O) groups is 1. The van der Waals surface area contributed by atoms with Gasteiger partial charge < -0.3 is 9.84 Å². The summed E-state index contributed by atoms with van der Waals surface area (Å²) in [5.74, 6) is 0.158. The lowest BCUT2D eigenvalue weighted by atomic mass is 9.79. The molecule has 3 nitrogen and oxygen atoms in total. The second-order valence-corrected chi connectivity index (χ2v) is 7.16. The molecule has 2 rings (SSSR count). The first kappa shape index (κ1) is 18.0. The van der Waals surface area contributed by atoms with Crippen LogP contribution in [0.1, 0.15) is 70.4 Å². The predicted molar refractivity (Wildman–Crippen MR) is 91.8 cm³/mol. The number of benzene rings is 1. The fraction of sp³-hybridized carbons (Fsp3) is 0.650. The molecule has 0 heterocycles. The van der Waals surface area contributed by atoms with Gasteiger partial charge in [-0.3, -0.25) is 4.79 Å². The van der Waals surface area contributed by atoms with Gasteiger partial charge in [-0.15, -0.1) is 0 Å². The third-order valence-electron chi connectivity index (χ3n) is 5.10. The van der Waals surface area contributed by atoms with Crippen LogP contribution < -0.4 is 0 Å². The molecular weight excluding hydrogens is 288 g/mol. The van der Waals surface area contributed by atoms with E-state index >= 15 is 0 Å². The Bertz CT molecular complexity index is 498. The number of hydrogen-bond donors (Lipinski definition) is 1. The molecule has 0 saturated heterocycles. The average molecular weight is 318 g/mol. The van der Waals surface area contributed by atoms with Crippen LogP contribution in [0, 0.1) is 11.8 Å². The lowest BCUT2D eigenvalue weighted by Crippen LogP contribution is -2.28. The van der Waals surface area contributed by atoms with Crippen LogP contribution >= 0.6 is 0 Å². The molecule has 1 unspecified atom stereocenters. The van der Waals surface area contributed by atoms with Crippen molar-refractivity contribution in [2.75, 3.05) is 0 Å². The van der Waals surface area contributed by atoms with E-state index in [0.29, 0.717) is 12.5 Å². The minimum atomic E-state index is -0.668. The Labute approximate surface area is 140 Å². The summed E-state index contributed by atoms with van der Waals surface area (Å²) < 4.78 is 5.45. The summed E-state index contributed by atoms with van der Waals surface area (Å²) in [6.45, 7) is 6.43. The molecule has 0 spiro atoms. The Morgan fingerprint density at radius 2 is 1.78 bits per heavy atom. The fourth-order valence-electron chi connectivity index (χ4n) is 3.51. The van der Waals surface area contributed by atoms with Crippen LogP contribution in [0.25, 0.3) is 0 Å². The number of ether oxygens (including phenoxy) is 1. The number of hydrogen-bond acceptors (Lipinski definition) is 3. The highest BCUT2D eigenvalue weighted by atomic mass is 16.5. The SMILES string of the molecule is CCC(C(=O)OCc1ccc(C2(O)CCCCC2)cc1)C(C)C. The smallest absolute Gasteiger partial charge is 0.309 e. The van der Waals surface area contributed by atoms with Gasteiger partial charge in [0.1, 0.15) is 6.61 Å². The van der Waals surface area contributed by atoms with E-state index < -0.39 is 5.60 Å². The summed E-state index contributed by atoms with van der Waals surface area (Å²) in [6.07, 6.45) is 5.88. The molecule has 1 fully saturated rings. The molecule has 0 bridgehead atoms. The van der Waals surface area contributed by atoms with Crippen molar-refractivity contribution in [1.82, 2.24) is 0 Å². The first-order valence-corrected chi connectivity index (χ1v) is 8.94. The molecule has 0 radical (unpaired) electrons. The maximum Gasteiger partial charge on any atom is 0.309 e. The van der Waals surface area contributed by atoms with Crippen molar-refractivity contribution in [3.63, 3.8) is 0 Å². The molecule has 0 aliphatic heterocycles.